The third kappa shape index (κ3) is 5.55. The SMILES string of the molecule is CCOC(=O)c1c(N=Cc2ccc(-c3ccc(Cl)c([N+](=O)[O-])c3)o2)sc2c1CCN(Cc1ccccc1)C2. The molecule has 0 amide bonds. The van der Waals surface area contributed by atoms with E-state index in [1.54, 1.807) is 31.3 Å². The number of hydrogen-bond acceptors (Lipinski definition) is 8. The molecule has 10 heteroatoms. The fourth-order valence-corrected chi connectivity index (χ4v) is 5.84. The van der Waals surface area contributed by atoms with E-state index in [1.807, 2.05) is 18.2 Å². The van der Waals surface area contributed by atoms with Crippen LogP contribution in [-0.4, -0.2) is 35.2 Å². The van der Waals surface area contributed by atoms with Gasteiger partial charge in [-0.3, -0.25) is 15.0 Å². The van der Waals surface area contributed by atoms with Gasteiger partial charge in [0, 0.05) is 36.1 Å². The Labute approximate surface area is 228 Å². The monoisotopic (exact) mass is 549 g/mol. The number of rotatable bonds is 8. The Morgan fingerprint density at radius 1 is 1.24 bits per heavy atom. The van der Waals surface area contributed by atoms with Gasteiger partial charge in [-0.05, 0) is 48.7 Å². The zero-order chi connectivity index (χ0) is 26.6. The van der Waals surface area contributed by atoms with Crippen molar-refractivity contribution < 1.29 is 18.9 Å². The number of ether oxygens (including phenoxy) is 1. The standard InChI is InChI=1S/C28H24ClN3O5S/c1-2-36-28(33)26-21-12-13-31(16-18-6-4-3-5-7-18)17-25(21)38-27(26)30-15-20-9-11-24(37-20)19-8-10-22(29)23(14-19)32(34)35/h3-11,14-15H,2,12-13,16-17H2,1H3. The quantitative estimate of drug-likeness (QED) is 0.101. The largest absolute Gasteiger partial charge is 0.462 e. The van der Waals surface area contributed by atoms with Gasteiger partial charge in [0.15, 0.2) is 0 Å². The Morgan fingerprint density at radius 3 is 2.82 bits per heavy atom. The van der Waals surface area contributed by atoms with Crippen LogP contribution in [0.25, 0.3) is 11.3 Å². The van der Waals surface area contributed by atoms with E-state index in [9.17, 15) is 14.9 Å². The van der Waals surface area contributed by atoms with E-state index in [-0.39, 0.29) is 23.3 Å². The molecule has 2 aromatic heterocycles. The van der Waals surface area contributed by atoms with Gasteiger partial charge in [0.1, 0.15) is 21.5 Å². The summed E-state index contributed by atoms with van der Waals surface area (Å²) >= 11 is 7.41. The van der Waals surface area contributed by atoms with Gasteiger partial charge in [0.05, 0.1) is 23.3 Å². The highest BCUT2D eigenvalue weighted by Crippen LogP contribution is 2.40. The number of benzene rings is 2. The Kier molecular flexibility index (Phi) is 7.69. The molecule has 0 saturated heterocycles. The third-order valence-corrected chi connectivity index (χ3v) is 7.65. The van der Waals surface area contributed by atoms with Crippen LogP contribution >= 0.6 is 22.9 Å². The van der Waals surface area contributed by atoms with E-state index in [2.05, 4.69) is 22.0 Å². The molecule has 0 bridgehead atoms. The number of nitro benzene ring substituents is 1. The Bertz CT molecular complexity index is 1510. The maximum Gasteiger partial charge on any atom is 0.341 e. The van der Waals surface area contributed by atoms with Crippen LogP contribution in [0.3, 0.4) is 0 Å². The van der Waals surface area contributed by atoms with Crippen molar-refractivity contribution in [2.75, 3.05) is 13.2 Å². The summed E-state index contributed by atoms with van der Waals surface area (Å²) in [6, 6.07) is 18.2. The van der Waals surface area contributed by atoms with E-state index in [0.29, 0.717) is 27.6 Å². The zero-order valence-corrected chi connectivity index (χ0v) is 22.1. The number of fused-ring (bicyclic) bond motifs is 1. The van der Waals surface area contributed by atoms with Crippen molar-refractivity contribution in [2.45, 2.75) is 26.4 Å². The fourth-order valence-electron chi connectivity index (χ4n) is 4.43. The molecule has 0 radical (unpaired) electrons. The molecule has 8 nitrogen and oxygen atoms in total. The Morgan fingerprint density at radius 2 is 2.05 bits per heavy atom. The van der Waals surface area contributed by atoms with Gasteiger partial charge in [-0.15, -0.1) is 11.3 Å². The number of nitrogens with zero attached hydrogens (tertiary/aromatic N) is 3. The van der Waals surface area contributed by atoms with Crippen molar-refractivity contribution in [1.29, 1.82) is 0 Å². The molecule has 5 rings (SSSR count). The molecule has 0 aliphatic carbocycles. The molecule has 0 spiro atoms. The molecule has 0 N–H and O–H groups in total. The lowest BCUT2D eigenvalue weighted by atomic mass is 10.0. The molecule has 2 aromatic carbocycles. The molecule has 194 valence electrons. The van der Waals surface area contributed by atoms with E-state index in [1.165, 1.54) is 29.0 Å². The topological polar surface area (TPSA) is 98.2 Å². The Hall–Kier alpha value is -3.79. The number of nitro groups is 1. The van der Waals surface area contributed by atoms with E-state index < -0.39 is 4.92 Å². The highest BCUT2D eigenvalue weighted by atomic mass is 35.5. The molecular formula is C28H24ClN3O5S. The van der Waals surface area contributed by atoms with E-state index >= 15 is 0 Å². The maximum absolute atomic E-state index is 12.9. The van der Waals surface area contributed by atoms with Gasteiger partial charge < -0.3 is 9.15 Å². The van der Waals surface area contributed by atoms with Crippen molar-refractivity contribution in [3.63, 3.8) is 0 Å². The molecule has 1 aliphatic rings. The molecule has 4 aromatic rings. The molecule has 0 fully saturated rings. The lowest BCUT2D eigenvalue weighted by molar-refractivity contribution is -0.384. The lowest BCUT2D eigenvalue weighted by Gasteiger charge is -2.27. The highest BCUT2D eigenvalue weighted by Gasteiger charge is 2.28. The van der Waals surface area contributed by atoms with E-state index in [0.717, 1.165) is 36.5 Å². The summed E-state index contributed by atoms with van der Waals surface area (Å²) in [6.45, 7) is 4.47. The average molecular weight is 550 g/mol. The lowest BCUT2D eigenvalue weighted by Crippen LogP contribution is -2.29. The molecule has 38 heavy (non-hydrogen) atoms. The minimum absolute atomic E-state index is 0.0579. The molecule has 0 unspecified atom stereocenters. The van der Waals surface area contributed by atoms with Gasteiger partial charge >= 0.3 is 5.97 Å². The van der Waals surface area contributed by atoms with Crippen LogP contribution < -0.4 is 0 Å². The minimum Gasteiger partial charge on any atom is -0.462 e. The van der Waals surface area contributed by atoms with Gasteiger partial charge in [0.25, 0.3) is 5.69 Å². The van der Waals surface area contributed by atoms with Crippen LogP contribution in [0.2, 0.25) is 5.02 Å². The summed E-state index contributed by atoms with van der Waals surface area (Å²) in [5.41, 5.74) is 3.09. The zero-order valence-electron chi connectivity index (χ0n) is 20.6. The molecule has 0 atom stereocenters. The van der Waals surface area contributed by atoms with Gasteiger partial charge in [-0.25, -0.2) is 9.79 Å². The molecule has 3 heterocycles. The van der Waals surface area contributed by atoms with Crippen molar-refractivity contribution >= 4 is 45.8 Å². The summed E-state index contributed by atoms with van der Waals surface area (Å²) in [5.74, 6) is 0.519. The number of thiophene rings is 1. The number of carbonyl (C=O) groups is 1. The van der Waals surface area contributed by atoms with E-state index in [4.69, 9.17) is 20.8 Å². The minimum atomic E-state index is -0.534. The van der Waals surface area contributed by atoms with Gasteiger partial charge in [-0.2, -0.15) is 0 Å². The fraction of sp³-hybridized carbons (Fsp3) is 0.214. The van der Waals surface area contributed by atoms with Crippen LogP contribution in [0.4, 0.5) is 10.7 Å². The van der Waals surface area contributed by atoms with Gasteiger partial charge in [0.2, 0.25) is 0 Å². The third-order valence-electron chi connectivity index (χ3n) is 6.21. The summed E-state index contributed by atoms with van der Waals surface area (Å²) in [4.78, 5) is 31.7. The molecule has 0 saturated carbocycles. The van der Waals surface area contributed by atoms with Crippen LogP contribution in [0.15, 0.2) is 70.1 Å². The van der Waals surface area contributed by atoms with Crippen molar-refractivity contribution in [3.8, 4) is 11.3 Å². The van der Waals surface area contributed by atoms with Crippen LogP contribution in [0, 0.1) is 10.1 Å². The second-order valence-electron chi connectivity index (χ2n) is 8.73. The summed E-state index contributed by atoms with van der Waals surface area (Å²) in [6.07, 6.45) is 2.29. The normalized spacial score (nSPS) is 13.5. The summed E-state index contributed by atoms with van der Waals surface area (Å²) < 4.78 is 11.2. The second-order valence-corrected chi connectivity index (χ2v) is 10.2. The molecular weight excluding hydrogens is 526 g/mol. The maximum atomic E-state index is 12.9. The van der Waals surface area contributed by atoms with Crippen LogP contribution in [0.1, 0.15) is 39.0 Å². The van der Waals surface area contributed by atoms with Crippen LogP contribution in [-0.2, 0) is 24.2 Å². The predicted molar refractivity (Wildman–Crippen MR) is 148 cm³/mol. The molecule has 1 aliphatic heterocycles. The smallest absolute Gasteiger partial charge is 0.341 e. The van der Waals surface area contributed by atoms with Crippen molar-refractivity contribution in [1.82, 2.24) is 4.90 Å². The predicted octanol–water partition coefficient (Wildman–Crippen LogP) is 7.06. The Balaban J connectivity index is 1.40. The van der Waals surface area contributed by atoms with Crippen molar-refractivity contribution in [3.05, 3.63) is 103 Å². The first-order chi connectivity index (χ1) is 18.4. The first-order valence-corrected chi connectivity index (χ1v) is 13.3. The van der Waals surface area contributed by atoms with Crippen molar-refractivity contribution in [2.24, 2.45) is 4.99 Å². The first kappa shape index (κ1) is 25.8. The summed E-state index contributed by atoms with van der Waals surface area (Å²) in [7, 11) is 0. The number of carbonyl (C=O) groups excluding carboxylic acids is 1. The van der Waals surface area contributed by atoms with Gasteiger partial charge in [-0.1, -0.05) is 41.9 Å². The second kappa shape index (κ2) is 11.3. The average Bonchev–Trinajstić information content (AvgIpc) is 3.52. The summed E-state index contributed by atoms with van der Waals surface area (Å²) in [5, 5.41) is 11.9. The number of furan rings is 1. The first-order valence-electron chi connectivity index (χ1n) is 12.1. The highest BCUT2D eigenvalue weighted by molar-refractivity contribution is 7.16. The number of aliphatic imine (C=N–C) groups is 1. The number of hydrogen-bond donors (Lipinski definition) is 0. The number of esters is 1. The number of halogens is 1. The van der Waals surface area contributed by atoms with Crippen LogP contribution in [0.5, 0.6) is 0 Å².